The highest BCUT2D eigenvalue weighted by Crippen LogP contribution is 2.33. The van der Waals surface area contributed by atoms with Crippen molar-refractivity contribution in [3.8, 4) is 11.5 Å². The van der Waals surface area contributed by atoms with E-state index >= 15 is 0 Å². The lowest BCUT2D eigenvalue weighted by molar-refractivity contribution is -0.142. The largest absolute Gasteiger partial charge is 0.488 e. The van der Waals surface area contributed by atoms with Crippen LogP contribution in [0.15, 0.2) is 109 Å². The Hall–Kier alpha value is -7.51. The van der Waals surface area contributed by atoms with Gasteiger partial charge in [-0.15, -0.1) is 0 Å². The Morgan fingerprint density at radius 1 is 0.524 bits per heavy atom. The molecule has 82 heavy (non-hydrogen) atoms. The molecule has 0 aromatic heterocycles. The molecule has 4 aromatic rings. The predicted molar refractivity (Wildman–Crippen MR) is 312 cm³/mol. The molecule has 8 amide bonds. The Balaban J connectivity index is 0.843. The summed E-state index contributed by atoms with van der Waals surface area (Å²) in [5.74, 6) is -0.728. The van der Waals surface area contributed by atoms with Crippen molar-refractivity contribution in [3.63, 3.8) is 0 Å². The van der Waals surface area contributed by atoms with E-state index in [4.69, 9.17) is 9.47 Å². The van der Waals surface area contributed by atoms with Gasteiger partial charge in [0.1, 0.15) is 47.9 Å². The van der Waals surface area contributed by atoms with Crippen LogP contribution in [-0.2, 0) is 41.6 Å². The normalized spacial score (nSPS) is 21.5. The first kappa shape index (κ1) is 60.6. The third-order valence-corrected chi connectivity index (χ3v) is 16.5. The number of aryl methyl sites for hydroxylation is 2. The zero-order chi connectivity index (χ0) is 58.0. The minimum atomic E-state index is -0.947. The van der Waals surface area contributed by atoms with Crippen LogP contribution in [-0.4, -0.2) is 140 Å². The lowest BCUT2D eigenvalue weighted by atomic mass is 9.87. The van der Waals surface area contributed by atoms with Crippen LogP contribution in [0, 0.1) is 0 Å². The highest BCUT2D eigenvalue weighted by molar-refractivity contribution is 5.95. The number of ether oxygens (including phenoxy) is 2. The fourth-order valence-electron chi connectivity index (χ4n) is 11.7. The average Bonchev–Trinajstić information content (AvgIpc) is 4.19. The van der Waals surface area contributed by atoms with Crippen molar-refractivity contribution in [1.29, 1.82) is 0 Å². The molecule has 2 heterocycles. The Bertz CT molecular complexity index is 2600. The van der Waals surface area contributed by atoms with Gasteiger partial charge in [-0.1, -0.05) is 84.9 Å². The van der Waals surface area contributed by atoms with Gasteiger partial charge in [-0.3, -0.25) is 28.8 Å². The molecule has 10 unspecified atom stereocenters. The van der Waals surface area contributed by atoms with Crippen LogP contribution in [0.3, 0.4) is 0 Å². The van der Waals surface area contributed by atoms with Gasteiger partial charge in [-0.2, -0.15) is 0 Å². The fraction of sp³-hybridized carbons (Fsp3) is 0.508. The van der Waals surface area contributed by atoms with E-state index in [1.165, 1.54) is 11.1 Å². The number of benzene rings is 4. The van der Waals surface area contributed by atoms with E-state index in [2.05, 4.69) is 54.7 Å². The summed E-state index contributed by atoms with van der Waals surface area (Å²) in [5, 5.41) is 24.1. The molecule has 19 nitrogen and oxygen atoms in total. The molecule has 0 radical (unpaired) electrons. The van der Waals surface area contributed by atoms with Crippen LogP contribution in [0.1, 0.15) is 125 Å². The zero-order valence-electron chi connectivity index (χ0n) is 48.0. The first-order valence-electron chi connectivity index (χ1n) is 29.6. The molecule has 19 heteroatoms. The van der Waals surface area contributed by atoms with Crippen LogP contribution in [0.2, 0.25) is 0 Å². The number of para-hydroxylation sites is 2. The van der Waals surface area contributed by atoms with Crippen LogP contribution in [0.4, 0.5) is 4.79 Å². The second-order valence-electron chi connectivity index (χ2n) is 22.2. The van der Waals surface area contributed by atoms with Gasteiger partial charge in [-0.05, 0) is 152 Å². The molecular formula is C63H84N10O9. The first-order valence-corrected chi connectivity index (χ1v) is 29.6. The lowest BCUT2D eigenvalue weighted by Crippen LogP contribution is -2.55. The standard InChI is InChI=1S/C63H84N10O9/c1-41(64-3)57(74)70-53(61(78)72-39-47(81-45-25-7-5-8-26-45)37-55(72)59(76)68-51-33-19-23-43-21-11-13-29-49(43)51)31-15-17-35-66-63(80)67-36-18-16-32-54(71-58(75)42(2)65-4)62(79)73-40-48(82-46-27-9-6-10-28-46)38-56(73)60(77)69-52-34-20-24-44-22-12-14-30-50(44)52/h5-14,21-22,25-30,41-42,47-48,51-56,64-65H,15-20,23-24,31-40H2,1-4H3,(H,68,76)(H,69,77)(H,70,74)(H,71,75)(H2,66,67,80). The van der Waals surface area contributed by atoms with E-state index in [-0.39, 0.29) is 105 Å². The quantitative estimate of drug-likeness (QED) is 0.0376. The predicted octanol–water partition coefficient (Wildman–Crippen LogP) is 5.30. The fourth-order valence-corrected chi connectivity index (χ4v) is 11.7. The lowest BCUT2D eigenvalue weighted by Gasteiger charge is -2.31. The van der Waals surface area contributed by atoms with E-state index in [0.29, 0.717) is 37.2 Å². The Labute approximate surface area is 482 Å². The zero-order valence-corrected chi connectivity index (χ0v) is 48.0. The van der Waals surface area contributed by atoms with Crippen LogP contribution >= 0.6 is 0 Å². The number of hydrogen-bond acceptors (Lipinski definition) is 11. The summed E-state index contributed by atoms with van der Waals surface area (Å²) in [5.41, 5.74) is 4.58. The molecule has 4 aromatic carbocycles. The molecule has 2 aliphatic heterocycles. The van der Waals surface area contributed by atoms with Crippen molar-refractivity contribution in [2.24, 2.45) is 0 Å². The van der Waals surface area contributed by atoms with E-state index in [1.807, 2.05) is 97.1 Å². The molecule has 8 N–H and O–H groups in total. The first-order chi connectivity index (χ1) is 39.8. The molecule has 0 saturated carbocycles. The van der Waals surface area contributed by atoms with Gasteiger partial charge < -0.3 is 61.8 Å². The molecule has 0 bridgehead atoms. The Morgan fingerprint density at radius 2 is 0.915 bits per heavy atom. The molecule has 8 rings (SSSR count). The summed E-state index contributed by atoms with van der Waals surface area (Å²) in [6, 6.07) is 29.4. The SMILES string of the molecule is CNC(C)C(=O)NC(CCCCNC(=O)NCCCCC(NC(=O)C(C)NC)C(=O)N1CC(Oc2ccccc2)CC1C(=O)NC1CCCc2ccccc21)C(=O)N1CC(Oc2ccccc2)CC1C(=O)NC1CCCc2ccccc21. The number of amides is 8. The third-order valence-electron chi connectivity index (χ3n) is 16.5. The van der Waals surface area contributed by atoms with E-state index in [0.717, 1.165) is 49.7 Å². The number of fused-ring (bicyclic) bond motifs is 2. The van der Waals surface area contributed by atoms with Gasteiger partial charge in [0.15, 0.2) is 0 Å². The van der Waals surface area contributed by atoms with Gasteiger partial charge in [0.2, 0.25) is 35.4 Å². The van der Waals surface area contributed by atoms with Gasteiger partial charge in [-0.25, -0.2) is 4.79 Å². The Morgan fingerprint density at radius 3 is 1.32 bits per heavy atom. The number of likely N-dealkylation sites (tertiary alicyclic amines) is 2. The van der Waals surface area contributed by atoms with Crippen molar-refractivity contribution in [3.05, 3.63) is 131 Å². The number of unbranched alkanes of at least 4 members (excludes halogenated alkanes) is 2. The number of nitrogens with one attached hydrogen (secondary N) is 8. The molecule has 4 aliphatic rings. The summed E-state index contributed by atoms with van der Waals surface area (Å²) < 4.78 is 12.7. The molecule has 2 saturated heterocycles. The van der Waals surface area contributed by atoms with Crippen LogP contribution in [0.25, 0.3) is 0 Å². The van der Waals surface area contributed by atoms with Crippen molar-refractivity contribution in [1.82, 2.24) is 52.3 Å². The molecular weight excluding hydrogens is 1040 g/mol. The number of nitrogens with zero attached hydrogens (tertiary/aromatic N) is 2. The molecule has 10 atom stereocenters. The summed E-state index contributed by atoms with van der Waals surface area (Å²) in [7, 11) is 3.33. The van der Waals surface area contributed by atoms with E-state index < -0.39 is 48.5 Å². The monoisotopic (exact) mass is 1120 g/mol. The molecule has 440 valence electrons. The maximum Gasteiger partial charge on any atom is 0.314 e. The van der Waals surface area contributed by atoms with Crippen molar-refractivity contribution >= 4 is 41.5 Å². The Kier molecular flexibility index (Phi) is 22.2. The summed E-state index contributed by atoms with van der Waals surface area (Å²) in [6.07, 6.45) is 7.40. The van der Waals surface area contributed by atoms with Crippen molar-refractivity contribution in [2.45, 2.75) is 164 Å². The summed E-state index contributed by atoms with van der Waals surface area (Å²) in [6.45, 7) is 4.31. The van der Waals surface area contributed by atoms with Crippen molar-refractivity contribution in [2.75, 3.05) is 40.3 Å². The topological polar surface area (TPSA) is 241 Å². The summed E-state index contributed by atoms with van der Waals surface area (Å²) >= 11 is 0. The van der Waals surface area contributed by atoms with Gasteiger partial charge in [0.25, 0.3) is 0 Å². The maximum atomic E-state index is 14.7. The summed E-state index contributed by atoms with van der Waals surface area (Å²) in [4.78, 5) is 101. The number of rotatable bonds is 26. The second kappa shape index (κ2) is 30.0. The third kappa shape index (κ3) is 16.4. The van der Waals surface area contributed by atoms with Gasteiger partial charge >= 0.3 is 6.03 Å². The number of likely N-dealkylation sites (N-methyl/N-ethyl adjacent to an activating group) is 2. The highest BCUT2D eigenvalue weighted by atomic mass is 16.5. The second-order valence-corrected chi connectivity index (χ2v) is 22.2. The minimum Gasteiger partial charge on any atom is -0.488 e. The highest BCUT2D eigenvalue weighted by Gasteiger charge is 2.46. The molecule has 0 spiro atoms. The number of carbonyl (C=O) groups excluding carboxylic acids is 7. The van der Waals surface area contributed by atoms with E-state index in [9.17, 15) is 33.6 Å². The van der Waals surface area contributed by atoms with Gasteiger partial charge in [0, 0.05) is 25.9 Å². The van der Waals surface area contributed by atoms with Crippen LogP contribution < -0.4 is 52.0 Å². The van der Waals surface area contributed by atoms with E-state index in [1.54, 1.807) is 37.7 Å². The maximum absolute atomic E-state index is 14.7. The molecule has 2 aliphatic carbocycles. The minimum absolute atomic E-state index is 0.156. The molecule has 2 fully saturated rings. The number of hydrogen-bond donors (Lipinski definition) is 8. The number of carbonyl (C=O) groups is 7. The smallest absolute Gasteiger partial charge is 0.314 e. The number of urea groups is 1. The van der Waals surface area contributed by atoms with Crippen molar-refractivity contribution < 1.29 is 43.0 Å². The average molecular weight is 1130 g/mol. The van der Waals surface area contributed by atoms with Gasteiger partial charge in [0.05, 0.1) is 37.3 Å². The van der Waals surface area contributed by atoms with Crippen LogP contribution in [0.5, 0.6) is 11.5 Å².